The second-order valence-corrected chi connectivity index (χ2v) is 32.9. The normalized spacial score (nSPS) is 23.8. The monoisotopic (exact) mass is 1720 g/mol. The van der Waals surface area contributed by atoms with Crippen molar-refractivity contribution in [1.29, 1.82) is 0 Å². The van der Waals surface area contributed by atoms with Crippen molar-refractivity contribution < 1.29 is 129 Å². The summed E-state index contributed by atoms with van der Waals surface area (Å²) in [4.78, 5) is 189. The van der Waals surface area contributed by atoms with Gasteiger partial charge >= 0.3 is 17.9 Å². The highest BCUT2D eigenvalue weighted by atomic mass is 16.7. The lowest BCUT2D eigenvalue weighted by Crippen LogP contribution is -2.58. The predicted octanol–water partition coefficient (Wildman–Crippen LogP) is 7.10. The van der Waals surface area contributed by atoms with Crippen molar-refractivity contribution >= 4 is 88.3 Å². The molecule has 0 saturated carbocycles. The van der Waals surface area contributed by atoms with Gasteiger partial charge in [0.1, 0.15) is 48.5 Å². The summed E-state index contributed by atoms with van der Waals surface area (Å²) in [7, 11) is 0. The van der Waals surface area contributed by atoms with E-state index in [9.17, 15) is 71.9 Å². The minimum atomic E-state index is -1.40. The standard InChI is InChI=1S/C87H143N7O27/c1-57-60(4)81(90-63(7)95)84(119-73(57)51-116-66(10)98)113-45-25-21-33-69(101)29-16-13-18-31-71(103)39-48-110-54-87(93-78(107)36-20-15-24-44-94-79(108)37-38-80(94)109,55-111-49-40-72(104)32-19-14-17-30-70(102)34-22-26-46-114-85-82(91-64(8)96)61(5)58(2)74(120-85)52-117-67(11)99)56-112-50-41-77(106)89-43-28-42-88-76(105)35-23-27-47-115-86-83(92-65(9)97)62(6)59(3)75(121-86)53-118-68(12)100/h37-38,57-62,73-75,81-86H,13-36,39-56H2,1-12H3,(H,88,105)(H,89,106)(H,90,95)(H,91,96)(H,92,97)(H,93,107). The zero-order chi connectivity index (χ0) is 89.2. The molecule has 0 aromatic carbocycles. The van der Waals surface area contributed by atoms with Crippen molar-refractivity contribution in [3.05, 3.63) is 12.2 Å². The number of ketones is 4. The molecule has 0 radical (unpaired) electrons. The third-order valence-corrected chi connectivity index (χ3v) is 22.6. The second kappa shape index (κ2) is 59.3. The lowest BCUT2D eigenvalue weighted by molar-refractivity contribution is -0.244. The number of hydrogen-bond donors (Lipinski definition) is 6. The molecule has 0 bridgehead atoms. The van der Waals surface area contributed by atoms with Gasteiger partial charge in [-0.3, -0.25) is 76.8 Å². The largest absolute Gasteiger partial charge is 0.463 e. The maximum Gasteiger partial charge on any atom is 0.302 e. The van der Waals surface area contributed by atoms with Gasteiger partial charge < -0.3 is 88.7 Å². The number of hydrogen-bond acceptors (Lipinski definition) is 27. The molecule has 4 aliphatic heterocycles. The van der Waals surface area contributed by atoms with Crippen LogP contribution >= 0.6 is 0 Å². The van der Waals surface area contributed by atoms with Crippen molar-refractivity contribution in [3.8, 4) is 0 Å². The van der Waals surface area contributed by atoms with E-state index in [4.69, 9.17) is 56.8 Å². The molecule has 0 aromatic heterocycles. The highest BCUT2D eigenvalue weighted by Crippen LogP contribution is 2.35. The topological polar surface area (TPSA) is 442 Å². The first-order chi connectivity index (χ1) is 57.7. The molecule has 4 heterocycles. The Morgan fingerprint density at radius 3 is 0.992 bits per heavy atom. The van der Waals surface area contributed by atoms with Gasteiger partial charge in [0.2, 0.25) is 35.4 Å². The fraction of sp³-hybridized carbons (Fsp3) is 0.805. The fourth-order valence-corrected chi connectivity index (χ4v) is 14.8. The van der Waals surface area contributed by atoms with Gasteiger partial charge in [0.25, 0.3) is 11.8 Å². The minimum Gasteiger partial charge on any atom is -0.463 e. The van der Waals surface area contributed by atoms with E-state index in [1.54, 1.807) is 0 Å². The van der Waals surface area contributed by atoms with Crippen LogP contribution in [-0.2, 0) is 129 Å². The van der Waals surface area contributed by atoms with Crippen LogP contribution in [0.25, 0.3) is 0 Å². The number of amides is 8. The van der Waals surface area contributed by atoms with Gasteiger partial charge in [0, 0.05) is 164 Å². The summed E-state index contributed by atoms with van der Waals surface area (Å²) in [5.74, 6) is -3.92. The molecule has 3 fully saturated rings. The van der Waals surface area contributed by atoms with Crippen molar-refractivity contribution in [2.24, 2.45) is 35.5 Å². The number of unbranched alkanes of at least 4 members (excludes halogenated alkanes) is 9. The summed E-state index contributed by atoms with van der Waals surface area (Å²) in [6, 6.07) is -1.27. The molecule has 0 aromatic rings. The summed E-state index contributed by atoms with van der Waals surface area (Å²) < 4.78 is 71.0. The number of esters is 3. The molecule has 8 amide bonds. The molecule has 0 spiro atoms. The van der Waals surface area contributed by atoms with Crippen molar-refractivity contribution in [2.75, 3.05) is 98.9 Å². The van der Waals surface area contributed by atoms with Gasteiger partial charge in [-0.25, -0.2) is 0 Å². The molecule has 4 rings (SSSR count). The molecule has 6 N–H and O–H groups in total. The van der Waals surface area contributed by atoms with E-state index >= 15 is 0 Å². The SMILES string of the molecule is CC(=O)NC1C(OCCCCC(=O)CCCCCC(=O)CCOCC(COCCC(=O)CCCCCC(=O)CCCCOC2OC(COC(C)=O)C(C)C(C)C2NC(C)=O)(COCCC(=O)NCCCNC(=O)CCCCOC2OC(COC(C)=O)C(C)C(C)C2NC(C)=O)NC(=O)CCCCCN2C(=O)C=CC2=O)OC(COC(C)=O)C(C)C1C. The molecule has 0 aliphatic carbocycles. The summed E-state index contributed by atoms with van der Waals surface area (Å²) in [6.45, 7) is 21.0. The zero-order valence-corrected chi connectivity index (χ0v) is 74.0. The summed E-state index contributed by atoms with van der Waals surface area (Å²) in [6.07, 6.45) is 9.60. The number of ether oxygens (including phenoxy) is 12. The van der Waals surface area contributed by atoms with Gasteiger partial charge in [-0.15, -0.1) is 0 Å². The van der Waals surface area contributed by atoms with E-state index in [-0.39, 0.29) is 225 Å². The average Bonchev–Trinajstić information content (AvgIpc) is 1.30. The van der Waals surface area contributed by atoms with Crippen molar-refractivity contribution in [2.45, 2.75) is 317 Å². The molecule has 34 nitrogen and oxygen atoms in total. The van der Waals surface area contributed by atoms with Crippen molar-refractivity contribution in [1.82, 2.24) is 36.8 Å². The number of carbonyl (C=O) groups is 15. The van der Waals surface area contributed by atoms with Crippen LogP contribution in [0.15, 0.2) is 12.2 Å². The first kappa shape index (κ1) is 106. The van der Waals surface area contributed by atoms with Crippen LogP contribution in [0.4, 0.5) is 0 Å². The first-order valence-corrected chi connectivity index (χ1v) is 43.9. The Bertz CT molecular complexity index is 2980. The zero-order valence-electron chi connectivity index (χ0n) is 74.0. The van der Waals surface area contributed by atoms with Crippen LogP contribution in [0.2, 0.25) is 0 Å². The van der Waals surface area contributed by atoms with Crippen LogP contribution in [0, 0.1) is 35.5 Å². The Labute approximate surface area is 714 Å². The van der Waals surface area contributed by atoms with E-state index in [2.05, 4.69) is 31.9 Å². The average molecular weight is 1720 g/mol. The third kappa shape index (κ3) is 43.6. The fourth-order valence-electron chi connectivity index (χ4n) is 14.8. The Balaban J connectivity index is 1.29. The predicted molar refractivity (Wildman–Crippen MR) is 441 cm³/mol. The number of carbonyl (C=O) groups excluding carboxylic acids is 15. The van der Waals surface area contributed by atoms with Gasteiger partial charge in [0.15, 0.2) is 18.9 Å². The molecule has 15 unspecified atom stereocenters. The van der Waals surface area contributed by atoms with E-state index in [1.165, 1.54) is 53.7 Å². The molecule has 15 atom stereocenters. The Morgan fingerprint density at radius 1 is 0.347 bits per heavy atom. The highest BCUT2D eigenvalue weighted by Gasteiger charge is 2.46. The highest BCUT2D eigenvalue weighted by molar-refractivity contribution is 6.12. The number of rotatable bonds is 65. The van der Waals surface area contributed by atoms with Crippen LogP contribution in [0.5, 0.6) is 0 Å². The summed E-state index contributed by atoms with van der Waals surface area (Å²) in [5.41, 5.74) is -1.40. The number of nitrogens with zero attached hydrogens (tertiary/aromatic N) is 1. The maximum absolute atomic E-state index is 14.0. The van der Waals surface area contributed by atoms with Gasteiger partial charge in [-0.2, -0.15) is 0 Å². The van der Waals surface area contributed by atoms with Crippen LogP contribution in [-0.4, -0.2) is 253 Å². The van der Waals surface area contributed by atoms with E-state index in [0.717, 1.165) is 4.90 Å². The van der Waals surface area contributed by atoms with Gasteiger partial charge in [-0.05, 0) is 119 Å². The van der Waals surface area contributed by atoms with E-state index in [0.29, 0.717) is 135 Å². The molecule has 4 aliphatic rings. The molecule has 688 valence electrons. The number of Topliss-reactive ketones (excluding diaryl/α,β-unsaturated/α-hetero) is 4. The number of nitrogens with one attached hydrogen (secondary N) is 6. The first-order valence-electron chi connectivity index (χ1n) is 43.9. The van der Waals surface area contributed by atoms with Crippen LogP contribution < -0.4 is 31.9 Å². The third-order valence-electron chi connectivity index (χ3n) is 22.6. The maximum atomic E-state index is 14.0. The number of imide groups is 1. The van der Waals surface area contributed by atoms with Crippen LogP contribution in [0.1, 0.15) is 256 Å². The Morgan fingerprint density at radius 2 is 0.645 bits per heavy atom. The van der Waals surface area contributed by atoms with Crippen molar-refractivity contribution in [3.63, 3.8) is 0 Å². The van der Waals surface area contributed by atoms with E-state index < -0.39 is 96.5 Å². The molecule has 3 saturated heterocycles. The Hall–Kier alpha value is -7.57. The quantitative estimate of drug-likeness (QED) is 0.0153. The summed E-state index contributed by atoms with van der Waals surface area (Å²) in [5, 5.41) is 17.5. The second-order valence-electron chi connectivity index (χ2n) is 32.9. The molecular weight excluding hydrogens is 1570 g/mol. The lowest BCUT2D eigenvalue weighted by Gasteiger charge is -2.44. The molecular formula is C87H143N7O27. The summed E-state index contributed by atoms with van der Waals surface area (Å²) >= 11 is 0. The lowest BCUT2D eigenvalue weighted by atomic mass is 9.82. The van der Waals surface area contributed by atoms with Crippen LogP contribution in [0.3, 0.4) is 0 Å². The van der Waals surface area contributed by atoms with E-state index in [1.807, 2.05) is 41.5 Å². The molecule has 121 heavy (non-hydrogen) atoms. The molecule has 34 heteroatoms. The van der Waals surface area contributed by atoms with Gasteiger partial charge in [0.05, 0.1) is 76.1 Å². The smallest absolute Gasteiger partial charge is 0.302 e. The van der Waals surface area contributed by atoms with Gasteiger partial charge in [-0.1, -0.05) is 60.8 Å². The minimum absolute atomic E-state index is 0.0261. The Kier molecular flexibility index (Phi) is 51.8.